The molecule has 7 heteroatoms. The van der Waals surface area contributed by atoms with Gasteiger partial charge < -0.3 is 14.5 Å². The number of rotatable bonds is 3. The molecule has 0 aromatic carbocycles. The molecule has 2 aliphatic rings. The number of esters is 1. The van der Waals surface area contributed by atoms with Gasteiger partial charge in [0.15, 0.2) is 0 Å². The lowest BCUT2D eigenvalue weighted by atomic mass is 9.86. The SMILES string of the molecule is COC(=O)C1=C(C)N(C)C(=O)N(C)[C@@H]1c1cnc(C2CCC2)s1. The van der Waals surface area contributed by atoms with Crippen molar-refractivity contribution in [1.82, 2.24) is 14.8 Å². The van der Waals surface area contributed by atoms with E-state index in [2.05, 4.69) is 4.98 Å². The highest BCUT2D eigenvalue weighted by Crippen LogP contribution is 2.43. The van der Waals surface area contributed by atoms with Crippen molar-refractivity contribution in [3.8, 4) is 0 Å². The standard InChI is InChI=1S/C16H21N3O3S/c1-9-12(15(20)22-4)13(19(3)16(21)18(9)2)11-8-17-14(23-11)10-6-5-7-10/h8,10,13H,5-7H2,1-4H3/t13-/m1/s1. The smallest absolute Gasteiger partial charge is 0.338 e. The van der Waals surface area contributed by atoms with E-state index in [1.54, 1.807) is 43.5 Å². The molecule has 1 saturated carbocycles. The summed E-state index contributed by atoms with van der Waals surface area (Å²) in [5, 5.41) is 1.10. The first-order chi connectivity index (χ1) is 11.0. The lowest BCUT2D eigenvalue weighted by Gasteiger charge is -2.38. The molecule has 1 aromatic heterocycles. The average Bonchev–Trinajstić information content (AvgIpc) is 2.94. The Bertz CT molecular complexity index is 678. The molecule has 1 fully saturated rings. The van der Waals surface area contributed by atoms with Crippen LogP contribution in [0.3, 0.4) is 0 Å². The first-order valence-corrected chi connectivity index (χ1v) is 8.52. The molecule has 124 valence electrons. The van der Waals surface area contributed by atoms with E-state index >= 15 is 0 Å². The van der Waals surface area contributed by atoms with E-state index in [1.807, 2.05) is 0 Å². The molecule has 23 heavy (non-hydrogen) atoms. The van der Waals surface area contributed by atoms with Crippen LogP contribution in [-0.2, 0) is 9.53 Å². The van der Waals surface area contributed by atoms with Crippen molar-refractivity contribution in [3.63, 3.8) is 0 Å². The Hall–Kier alpha value is -1.89. The van der Waals surface area contributed by atoms with Crippen LogP contribution in [0.5, 0.6) is 0 Å². The van der Waals surface area contributed by atoms with Crippen molar-refractivity contribution in [2.24, 2.45) is 0 Å². The van der Waals surface area contributed by atoms with Gasteiger partial charge in [-0.15, -0.1) is 11.3 Å². The lowest BCUT2D eigenvalue weighted by Crippen LogP contribution is -2.47. The summed E-state index contributed by atoms with van der Waals surface area (Å²) in [4.78, 5) is 33.2. The largest absolute Gasteiger partial charge is 0.466 e. The minimum atomic E-state index is -0.433. The third-order valence-corrected chi connectivity index (χ3v) is 6.03. The molecule has 1 aromatic rings. The Morgan fingerprint density at radius 2 is 2.09 bits per heavy atom. The maximum atomic E-state index is 12.4. The molecular formula is C16H21N3O3S. The van der Waals surface area contributed by atoms with E-state index in [-0.39, 0.29) is 6.03 Å². The highest BCUT2D eigenvalue weighted by atomic mass is 32.1. The minimum Gasteiger partial charge on any atom is -0.466 e. The van der Waals surface area contributed by atoms with E-state index in [1.165, 1.54) is 31.3 Å². The minimum absolute atomic E-state index is 0.140. The molecule has 1 aliphatic carbocycles. The average molecular weight is 335 g/mol. The number of hydrogen-bond acceptors (Lipinski definition) is 5. The Labute approximate surface area is 139 Å². The van der Waals surface area contributed by atoms with Gasteiger partial charge in [0.25, 0.3) is 0 Å². The van der Waals surface area contributed by atoms with Gasteiger partial charge in [0.2, 0.25) is 0 Å². The number of aromatic nitrogens is 1. The Morgan fingerprint density at radius 1 is 1.39 bits per heavy atom. The quantitative estimate of drug-likeness (QED) is 0.797. The first kappa shape index (κ1) is 16.0. The number of carbonyl (C=O) groups excluding carboxylic acids is 2. The summed E-state index contributed by atoms with van der Waals surface area (Å²) >= 11 is 1.60. The predicted octanol–water partition coefficient (Wildman–Crippen LogP) is 2.90. The summed E-state index contributed by atoms with van der Waals surface area (Å²) in [6.45, 7) is 1.78. The van der Waals surface area contributed by atoms with Crippen LogP contribution < -0.4 is 0 Å². The maximum Gasteiger partial charge on any atom is 0.338 e. The molecule has 1 atom stereocenters. The lowest BCUT2D eigenvalue weighted by molar-refractivity contribution is -0.137. The number of urea groups is 1. The van der Waals surface area contributed by atoms with Crippen molar-refractivity contribution < 1.29 is 14.3 Å². The second kappa shape index (κ2) is 5.96. The fourth-order valence-electron chi connectivity index (χ4n) is 3.04. The van der Waals surface area contributed by atoms with Crippen LogP contribution in [0.25, 0.3) is 0 Å². The monoisotopic (exact) mass is 335 g/mol. The summed E-state index contributed by atoms with van der Waals surface area (Å²) in [6, 6.07) is -0.573. The second-order valence-corrected chi connectivity index (χ2v) is 7.17. The Morgan fingerprint density at radius 3 is 2.65 bits per heavy atom. The van der Waals surface area contributed by atoms with Gasteiger partial charge in [-0.3, -0.25) is 0 Å². The summed E-state index contributed by atoms with van der Waals surface area (Å²) in [5.74, 6) is 0.130. The molecule has 3 rings (SSSR count). The first-order valence-electron chi connectivity index (χ1n) is 7.71. The van der Waals surface area contributed by atoms with Gasteiger partial charge in [0, 0.05) is 31.9 Å². The van der Waals surface area contributed by atoms with Gasteiger partial charge in [-0.25, -0.2) is 14.6 Å². The summed E-state index contributed by atoms with van der Waals surface area (Å²) in [6.07, 6.45) is 5.40. The number of carbonyl (C=O) groups is 2. The molecule has 0 N–H and O–H groups in total. The van der Waals surface area contributed by atoms with Crippen molar-refractivity contribution in [2.45, 2.75) is 38.1 Å². The van der Waals surface area contributed by atoms with Crippen LogP contribution in [0, 0.1) is 0 Å². The Kier molecular flexibility index (Phi) is 4.14. The van der Waals surface area contributed by atoms with Gasteiger partial charge >= 0.3 is 12.0 Å². The predicted molar refractivity (Wildman–Crippen MR) is 87.1 cm³/mol. The van der Waals surface area contributed by atoms with Gasteiger partial charge in [-0.1, -0.05) is 6.42 Å². The summed E-state index contributed by atoms with van der Waals surface area (Å²) in [7, 11) is 4.74. The van der Waals surface area contributed by atoms with Gasteiger partial charge in [-0.2, -0.15) is 0 Å². The zero-order chi connectivity index (χ0) is 16.7. The fraction of sp³-hybridized carbons (Fsp3) is 0.562. The molecule has 6 nitrogen and oxygen atoms in total. The van der Waals surface area contributed by atoms with E-state index in [9.17, 15) is 9.59 Å². The third-order valence-electron chi connectivity index (χ3n) is 4.81. The van der Waals surface area contributed by atoms with Crippen LogP contribution in [-0.4, -0.2) is 48.0 Å². The zero-order valence-corrected chi connectivity index (χ0v) is 14.6. The van der Waals surface area contributed by atoms with Crippen LogP contribution in [0.2, 0.25) is 0 Å². The molecule has 0 saturated heterocycles. The van der Waals surface area contributed by atoms with Crippen molar-refractivity contribution in [2.75, 3.05) is 21.2 Å². The van der Waals surface area contributed by atoms with E-state index < -0.39 is 12.0 Å². The topological polar surface area (TPSA) is 62.7 Å². The number of thiazole rings is 1. The number of amides is 2. The van der Waals surface area contributed by atoms with Crippen molar-refractivity contribution >= 4 is 23.3 Å². The van der Waals surface area contributed by atoms with Gasteiger partial charge in [-0.05, 0) is 19.8 Å². The van der Waals surface area contributed by atoms with Gasteiger partial charge in [0.05, 0.1) is 22.6 Å². The summed E-state index contributed by atoms with van der Waals surface area (Å²) in [5.41, 5.74) is 1.13. The number of hydrogen-bond donors (Lipinski definition) is 0. The second-order valence-electron chi connectivity index (χ2n) is 6.07. The normalized spacial score (nSPS) is 22.4. The number of allylic oxidation sites excluding steroid dienone is 1. The van der Waals surface area contributed by atoms with E-state index in [0.717, 1.165) is 9.88 Å². The van der Waals surface area contributed by atoms with Crippen molar-refractivity contribution in [1.29, 1.82) is 0 Å². The molecule has 0 radical (unpaired) electrons. The molecular weight excluding hydrogens is 314 g/mol. The maximum absolute atomic E-state index is 12.4. The number of ether oxygens (including phenoxy) is 1. The molecule has 1 aliphatic heterocycles. The van der Waals surface area contributed by atoms with Crippen molar-refractivity contribution in [3.05, 3.63) is 27.4 Å². The highest BCUT2D eigenvalue weighted by Gasteiger charge is 2.40. The van der Waals surface area contributed by atoms with E-state index in [0.29, 0.717) is 17.2 Å². The van der Waals surface area contributed by atoms with Crippen LogP contribution in [0.1, 0.15) is 48.0 Å². The number of likely N-dealkylation sites (N-methyl/N-ethyl adjacent to an activating group) is 1. The van der Waals surface area contributed by atoms with Gasteiger partial charge in [0.1, 0.15) is 6.04 Å². The summed E-state index contributed by atoms with van der Waals surface area (Å²) < 4.78 is 4.95. The fourth-order valence-corrected chi connectivity index (χ4v) is 4.28. The highest BCUT2D eigenvalue weighted by molar-refractivity contribution is 7.11. The molecule has 0 bridgehead atoms. The van der Waals surface area contributed by atoms with Crippen LogP contribution >= 0.6 is 11.3 Å². The number of nitrogens with zero attached hydrogens (tertiary/aromatic N) is 3. The third kappa shape index (κ3) is 2.52. The molecule has 2 amide bonds. The van der Waals surface area contributed by atoms with Crippen LogP contribution in [0.15, 0.2) is 17.5 Å². The molecule has 2 heterocycles. The molecule has 0 unspecified atom stereocenters. The number of methoxy groups -OCH3 is 1. The molecule has 0 spiro atoms. The van der Waals surface area contributed by atoms with E-state index in [4.69, 9.17) is 4.74 Å². The zero-order valence-electron chi connectivity index (χ0n) is 13.8. The Balaban J connectivity index is 2.04. The van der Waals surface area contributed by atoms with Crippen LogP contribution in [0.4, 0.5) is 4.79 Å².